The van der Waals surface area contributed by atoms with Crippen molar-refractivity contribution in [2.45, 2.75) is 32.8 Å². The molecular formula is C17H18F2O. The van der Waals surface area contributed by atoms with E-state index in [-0.39, 0.29) is 5.56 Å². The zero-order valence-electron chi connectivity index (χ0n) is 11.6. The van der Waals surface area contributed by atoms with E-state index in [1.807, 2.05) is 26.0 Å². The SMILES string of the molecule is Cc1cc(C)cc(CC(O)c2cccc(C(F)F)c2)c1. The molecule has 0 aliphatic rings. The molecule has 1 nitrogen and oxygen atoms in total. The Morgan fingerprint density at radius 1 is 0.950 bits per heavy atom. The molecule has 1 atom stereocenters. The summed E-state index contributed by atoms with van der Waals surface area (Å²) in [6.45, 7) is 4.00. The molecule has 1 unspecified atom stereocenters. The quantitative estimate of drug-likeness (QED) is 0.870. The van der Waals surface area contributed by atoms with Crippen LogP contribution in [0.25, 0.3) is 0 Å². The van der Waals surface area contributed by atoms with E-state index < -0.39 is 12.5 Å². The molecule has 0 aromatic heterocycles. The largest absolute Gasteiger partial charge is 0.388 e. The predicted molar refractivity (Wildman–Crippen MR) is 76.0 cm³/mol. The molecule has 1 N–H and O–H groups in total. The highest BCUT2D eigenvalue weighted by molar-refractivity contribution is 5.31. The fourth-order valence-corrected chi connectivity index (χ4v) is 2.43. The van der Waals surface area contributed by atoms with E-state index in [4.69, 9.17) is 0 Å². The van der Waals surface area contributed by atoms with Crippen molar-refractivity contribution in [3.05, 3.63) is 70.3 Å². The summed E-state index contributed by atoms with van der Waals surface area (Å²) in [6, 6.07) is 12.1. The van der Waals surface area contributed by atoms with Gasteiger partial charge in [-0.15, -0.1) is 0 Å². The molecule has 0 fully saturated rings. The molecule has 0 amide bonds. The van der Waals surface area contributed by atoms with Crippen molar-refractivity contribution in [1.82, 2.24) is 0 Å². The highest BCUT2D eigenvalue weighted by Gasteiger charge is 2.13. The summed E-state index contributed by atoms with van der Waals surface area (Å²) in [4.78, 5) is 0. The highest BCUT2D eigenvalue weighted by Crippen LogP contribution is 2.25. The minimum atomic E-state index is -2.51. The van der Waals surface area contributed by atoms with Gasteiger partial charge in [-0.2, -0.15) is 0 Å². The van der Waals surface area contributed by atoms with Crippen LogP contribution in [0.3, 0.4) is 0 Å². The number of alkyl halides is 2. The molecule has 3 heteroatoms. The van der Waals surface area contributed by atoms with Crippen LogP contribution in [0.4, 0.5) is 8.78 Å². The number of aryl methyl sites for hydroxylation is 2. The van der Waals surface area contributed by atoms with Gasteiger partial charge in [0.15, 0.2) is 0 Å². The van der Waals surface area contributed by atoms with Gasteiger partial charge in [0, 0.05) is 12.0 Å². The van der Waals surface area contributed by atoms with Crippen molar-refractivity contribution in [3.8, 4) is 0 Å². The van der Waals surface area contributed by atoms with Crippen LogP contribution in [0.5, 0.6) is 0 Å². The van der Waals surface area contributed by atoms with Crippen LogP contribution in [0, 0.1) is 13.8 Å². The van der Waals surface area contributed by atoms with Crippen LogP contribution in [-0.2, 0) is 6.42 Å². The van der Waals surface area contributed by atoms with E-state index in [2.05, 4.69) is 6.07 Å². The topological polar surface area (TPSA) is 20.2 Å². The van der Waals surface area contributed by atoms with Gasteiger partial charge in [0.25, 0.3) is 6.43 Å². The monoisotopic (exact) mass is 276 g/mol. The predicted octanol–water partition coefficient (Wildman–Crippen LogP) is 4.52. The van der Waals surface area contributed by atoms with Gasteiger partial charge in [-0.3, -0.25) is 0 Å². The van der Waals surface area contributed by atoms with Crippen LogP contribution < -0.4 is 0 Å². The molecule has 2 aromatic rings. The van der Waals surface area contributed by atoms with Gasteiger partial charge in [0.1, 0.15) is 0 Å². The van der Waals surface area contributed by atoms with E-state index in [1.165, 1.54) is 12.1 Å². The summed E-state index contributed by atoms with van der Waals surface area (Å²) in [7, 11) is 0. The number of hydrogen-bond acceptors (Lipinski definition) is 1. The molecule has 0 saturated heterocycles. The van der Waals surface area contributed by atoms with Gasteiger partial charge in [0.2, 0.25) is 0 Å². The van der Waals surface area contributed by atoms with Gasteiger partial charge in [0.05, 0.1) is 6.10 Å². The Morgan fingerprint density at radius 3 is 2.15 bits per heavy atom. The average Bonchev–Trinajstić information content (AvgIpc) is 2.37. The molecule has 2 rings (SSSR count). The summed E-state index contributed by atoms with van der Waals surface area (Å²) in [6.07, 6.45) is -2.85. The van der Waals surface area contributed by atoms with Crippen molar-refractivity contribution >= 4 is 0 Å². The summed E-state index contributed by atoms with van der Waals surface area (Å²) in [5.41, 5.74) is 3.75. The van der Waals surface area contributed by atoms with Crippen molar-refractivity contribution in [2.75, 3.05) is 0 Å². The van der Waals surface area contributed by atoms with Crippen LogP contribution >= 0.6 is 0 Å². The second-order valence-corrected chi connectivity index (χ2v) is 5.19. The minimum Gasteiger partial charge on any atom is -0.388 e. The first kappa shape index (κ1) is 14.7. The van der Waals surface area contributed by atoms with E-state index in [0.29, 0.717) is 12.0 Å². The maximum Gasteiger partial charge on any atom is 0.263 e. The van der Waals surface area contributed by atoms with Crippen molar-refractivity contribution in [3.63, 3.8) is 0 Å². The molecule has 0 radical (unpaired) electrons. The first-order valence-corrected chi connectivity index (χ1v) is 6.59. The third-order valence-corrected chi connectivity index (χ3v) is 3.26. The molecule has 0 aliphatic carbocycles. The number of aliphatic hydroxyl groups is 1. The fraction of sp³-hybridized carbons (Fsp3) is 0.294. The Balaban J connectivity index is 2.19. The lowest BCUT2D eigenvalue weighted by atomic mass is 9.97. The molecule has 0 heterocycles. The molecule has 0 saturated carbocycles. The third-order valence-electron chi connectivity index (χ3n) is 3.26. The van der Waals surface area contributed by atoms with Gasteiger partial charge in [-0.25, -0.2) is 8.78 Å². The van der Waals surface area contributed by atoms with Crippen LogP contribution in [0.1, 0.15) is 40.3 Å². The molecule has 106 valence electrons. The zero-order chi connectivity index (χ0) is 14.7. The number of aliphatic hydroxyl groups excluding tert-OH is 1. The smallest absolute Gasteiger partial charge is 0.263 e. The number of halogens is 2. The molecule has 0 bridgehead atoms. The Kier molecular flexibility index (Phi) is 4.50. The maximum absolute atomic E-state index is 12.7. The molecule has 2 aromatic carbocycles. The van der Waals surface area contributed by atoms with Crippen LogP contribution in [0.2, 0.25) is 0 Å². The maximum atomic E-state index is 12.7. The summed E-state index contributed by atoms with van der Waals surface area (Å²) < 4.78 is 25.3. The third kappa shape index (κ3) is 3.64. The number of hydrogen-bond donors (Lipinski definition) is 1. The van der Waals surface area contributed by atoms with Crippen molar-refractivity contribution in [1.29, 1.82) is 0 Å². The summed E-state index contributed by atoms with van der Waals surface area (Å²) in [5, 5.41) is 10.2. The van der Waals surface area contributed by atoms with Crippen molar-refractivity contribution in [2.24, 2.45) is 0 Å². The summed E-state index contributed by atoms with van der Waals surface area (Å²) >= 11 is 0. The Morgan fingerprint density at radius 2 is 1.55 bits per heavy atom. The van der Waals surface area contributed by atoms with E-state index >= 15 is 0 Å². The number of rotatable bonds is 4. The Labute approximate surface area is 117 Å². The Hall–Kier alpha value is -1.74. The molecule has 20 heavy (non-hydrogen) atoms. The van der Waals surface area contributed by atoms with Gasteiger partial charge in [-0.05, 0) is 31.0 Å². The van der Waals surface area contributed by atoms with E-state index in [9.17, 15) is 13.9 Å². The van der Waals surface area contributed by atoms with E-state index in [0.717, 1.165) is 16.7 Å². The number of benzene rings is 2. The van der Waals surface area contributed by atoms with Gasteiger partial charge < -0.3 is 5.11 Å². The molecule has 0 spiro atoms. The fourth-order valence-electron chi connectivity index (χ4n) is 2.43. The second kappa shape index (κ2) is 6.14. The van der Waals surface area contributed by atoms with E-state index in [1.54, 1.807) is 12.1 Å². The highest BCUT2D eigenvalue weighted by atomic mass is 19.3. The van der Waals surface area contributed by atoms with Gasteiger partial charge in [-0.1, -0.05) is 47.5 Å². The Bertz CT molecular complexity index is 573. The zero-order valence-corrected chi connectivity index (χ0v) is 11.6. The second-order valence-electron chi connectivity index (χ2n) is 5.19. The standard InChI is InChI=1S/C17H18F2O/c1-11-6-12(2)8-13(7-11)9-16(20)14-4-3-5-15(10-14)17(18)19/h3-8,10,16-17,20H,9H2,1-2H3. The molecular weight excluding hydrogens is 258 g/mol. The minimum absolute atomic E-state index is 0.0537. The first-order chi connectivity index (χ1) is 9.45. The summed E-state index contributed by atoms with van der Waals surface area (Å²) in [5.74, 6) is 0. The van der Waals surface area contributed by atoms with Crippen LogP contribution in [0.15, 0.2) is 42.5 Å². The van der Waals surface area contributed by atoms with Gasteiger partial charge >= 0.3 is 0 Å². The average molecular weight is 276 g/mol. The lowest BCUT2D eigenvalue weighted by Gasteiger charge is -2.13. The lowest BCUT2D eigenvalue weighted by molar-refractivity contribution is 0.149. The van der Waals surface area contributed by atoms with Crippen LogP contribution in [-0.4, -0.2) is 5.11 Å². The molecule has 0 aliphatic heterocycles. The lowest BCUT2D eigenvalue weighted by Crippen LogP contribution is -2.03. The first-order valence-electron chi connectivity index (χ1n) is 6.59. The van der Waals surface area contributed by atoms with Crippen molar-refractivity contribution < 1.29 is 13.9 Å². The normalized spacial score (nSPS) is 12.7.